The molecule has 25 heavy (non-hydrogen) atoms. The van der Waals surface area contributed by atoms with Gasteiger partial charge in [-0.1, -0.05) is 41.9 Å². The molecule has 1 amide bonds. The number of amides is 1. The lowest BCUT2D eigenvalue weighted by atomic mass is 10.2. The van der Waals surface area contributed by atoms with Gasteiger partial charge in [0.25, 0.3) is 5.91 Å². The highest BCUT2D eigenvalue weighted by Crippen LogP contribution is 2.17. The fraction of sp³-hybridized carbons (Fsp3) is 0.350. The van der Waals surface area contributed by atoms with Gasteiger partial charge in [-0.15, -0.1) is 0 Å². The van der Waals surface area contributed by atoms with Crippen molar-refractivity contribution in [3.05, 3.63) is 65.2 Å². The summed E-state index contributed by atoms with van der Waals surface area (Å²) in [6.45, 7) is 1.89. The van der Waals surface area contributed by atoms with E-state index in [9.17, 15) is 4.79 Å². The van der Waals surface area contributed by atoms with E-state index in [0.717, 1.165) is 25.0 Å². The van der Waals surface area contributed by atoms with E-state index in [4.69, 9.17) is 21.1 Å². The molecule has 0 spiro atoms. The molecule has 1 saturated heterocycles. The third-order valence-electron chi connectivity index (χ3n) is 4.19. The van der Waals surface area contributed by atoms with Crippen LogP contribution in [-0.4, -0.2) is 36.7 Å². The molecule has 132 valence electrons. The fourth-order valence-corrected chi connectivity index (χ4v) is 2.98. The number of ether oxygens (including phenoxy) is 2. The van der Waals surface area contributed by atoms with Gasteiger partial charge in [-0.25, -0.2) is 0 Å². The Bertz CT molecular complexity index is 669. The average Bonchev–Trinajstić information content (AvgIpc) is 3.15. The molecule has 0 radical (unpaired) electrons. The average molecular weight is 360 g/mol. The predicted octanol–water partition coefficient (Wildman–Crippen LogP) is 3.93. The van der Waals surface area contributed by atoms with Crippen LogP contribution in [0.25, 0.3) is 0 Å². The smallest absolute Gasteiger partial charge is 0.260 e. The van der Waals surface area contributed by atoms with Crippen LogP contribution in [0.3, 0.4) is 0 Å². The number of halogens is 1. The maximum absolute atomic E-state index is 12.7. The van der Waals surface area contributed by atoms with Crippen LogP contribution >= 0.6 is 11.6 Å². The minimum Gasteiger partial charge on any atom is -0.484 e. The molecule has 0 N–H and O–H groups in total. The number of rotatable bonds is 7. The largest absolute Gasteiger partial charge is 0.484 e. The molecule has 1 heterocycles. The van der Waals surface area contributed by atoms with Crippen molar-refractivity contribution in [3.8, 4) is 5.75 Å². The normalized spacial score (nSPS) is 16.6. The number of hydrogen-bond donors (Lipinski definition) is 0. The Labute approximate surface area is 153 Å². The summed E-state index contributed by atoms with van der Waals surface area (Å²) >= 11 is 5.95. The third kappa shape index (κ3) is 5.48. The van der Waals surface area contributed by atoms with Crippen LogP contribution in [0.2, 0.25) is 5.02 Å². The number of para-hydroxylation sites is 1. The van der Waals surface area contributed by atoms with E-state index in [2.05, 4.69) is 0 Å². The molecule has 0 saturated carbocycles. The molecule has 5 heteroatoms. The maximum atomic E-state index is 12.7. The number of benzene rings is 2. The zero-order valence-electron chi connectivity index (χ0n) is 14.1. The molecule has 0 bridgehead atoms. The van der Waals surface area contributed by atoms with Gasteiger partial charge in [0.2, 0.25) is 0 Å². The quantitative estimate of drug-likeness (QED) is 0.752. The summed E-state index contributed by atoms with van der Waals surface area (Å²) in [4.78, 5) is 14.5. The van der Waals surface area contributed by atoms with Crippen molar-refractivity contribution in [1.82, 2.24) is 4.90 Å². The Hall–Kier alpha value is -2.04. The van der Waals surface area contributed by atoms with Gasteiger partial charge in [0.15, 0.2) is 6.61 Å². The molecular weight excluding hydrogens is 338 g/mol. The van der Waals surface area contributed by atoms with Crippen LogP contribution in [0.5, 0.6) is 5.75 Å². The van der Waals surface area contributed by atoms with E-state index >= 15 is 0 Å². The molecular formula is C20H22ClNO3. The first-order chi connectivity index (χ1) is 12.2. The summed E-state index contributed by atoms with van der Waals surface area (Å²) in [7, 11) is 0. The van der Waals surface area contributed by atoms with E-state index in [-0.39, 0.29) is 18.6 Å². The van der Waals surface area contributed by atoms with E-state index < -0.39 is 0 Å². The second kappa shape index (κ2) is 8.88. The first kappa shape index (κ1) is 17.8. The first-order valence-electron chi connectivity index (χ1n) is 8.52. The van der Waals surface area contributed by atoms with Crippen LogP contribution < -0.4 is 4.74 Å². The Morgan fingerprint density at radius 2 is 1.92 bits per heavy atom. The van der Waals surface area contributed by atoms with Gasteiger partial charge in [-0.3, -0.25) is 4.79 Å². The second-order valence-corrected chi connectivity index (χ2v) is 6.57. The zero-order chi connectivity index (χ0) is 17.5. The lowest BCUT2D eigenvalue weighted by Crippen LogP contribution is -2.39. The number of carbonyl (C=O) groups excluding carboxylic acids is 1. The Morgan fingerprint density at radius 1 is 1.16 bits per heavy atom. The molecule has 0 aliphatic carbocycles. The van der Waals surface area contributed by atoms with E-state index in [1.165, 1.54) is 0 Å². The van der Waals surface area contributed by atoms with Crippen molar-refractivity contribution in [3.63, 3.8) is 0 Å². The molecule has 2 aromatic rings. The Morgan fingerprint density at radius 3 is 2.60 bits per heavy atom. The van der Waals surface area contributed by atoms with Gasteiger partial charge < -0.3 is 14.4 Å². The monoisotopic (exact) mass is 359 g/mol. The van der Waals surface area contributed by atoms with Gasteiger partial charge in [-0.2, -0.15) is 0 Å². The highest BCUT2D eigenvalue weighted by atomic mass is 35.5. The highest BCUT2D eigenvalue weighted by molar-refractivity contribution is 6.30. The van der Waals surface area contributed by atoms with Crippen molar-refractivity contribution in [2.24, 2.45) is 0 Å². The lowest BCUT2D eigenvalue weighted by Gasteiger charge is -2.25. The number of carbonyl (C=O) groups is 1. The molecule has 3 rings (SSSR count). The van der Waals surface area contributed by atoms with Crippen LogP contribution in [0, 0.1) is 0 Å². The van der Waals surface area contributed by atoms with Gasteiger partial charge in [-0.05, 0) is 42.7 Å². The molecule has 1 fully saturated rings. The minimum atomic E-state index is -0.0469. The predicted molar refractivity (Wildman–Crippen MR) is 97.8 cm³/mol. The van der Waals surface area contributed by atoms with Crippen molar-refractivity contribution < 1.29 is 14.3 Å². The van der Waals surface area contributed by atoms with Crippen molar-refractivity contribution in [2.75, 3.05) is 19.8 Å². The summed E-state index contributed by atoms with van der Waals surface area (Å²) < 4.78 is 11.3. The standard InChI is InChI=1S/C20H22ClNO3/c21-17-10-8-16(9-11-17)13-22(14-19-7-4-12-24-19)20(23)15-25-18-5-2-1-3-6-18/h1-3,5-6,8-11,19H,4,7,12-15H2/t19-/m0/s1. The number of nitrogens with zero attached hydrogens (tertiary/aromatic N) is 1. The SMILES string of the molecule is O=C(COc1ccccc1)N(Cc1ccc(Cl)cc1)C[C@@H]1CCCO1. The summed E-state index contributed by atoms with van der Waals surface area (Å²) in [5, 5.41) is 0.688. The molecule has 2 aromatic carbocycles. The van der Waals surface area contributed by atoms with Gasteiger partial charge in [0.1, 0.15) is 5.75 Å². The Kier molecular flexibility index (Phi) is 6.31. The van der Waals surface area contributed by atoms with E-state index in [1.807, 2.05) is 59.5 Å². The molecule has 1 aliphatic heterocycles. The zero-order valence-corrected chi connectivity index (χ0v) is 14.8. The van der Waals surface area contributed by atoms with Crippen LogP contribution in [0.1, 0.15) is 18.4 Å². The van der Waals surface area contributed by atoms with Gasteiger partial charge in [0, 0.05) is 24.7 Å². The van der Waals surface area contributed by atoms with Gasteiger partial charge >= 0.3 is 0 Å². The summed E-state index contributed by atoms with van der Waals surface area (Å²) in [6.07, 6.45) is 2.14. The molecule has 0 aromatic heterocycles. The highest BCUT2D eigenvalue weighted by Gasteiger charge is 2.23. The second-order valence-electron chi connectivity index (χ2n) is 6.14. The topological polar surface area (TPSA) is 38.8 Å². The summed E-state index contributed by atoms with van der Waals surface area (Å²) in [5.74, 6) is 0.647. The van der Waals surface area contributed by atoms with Crippen LogP contribution in [-0.2, 0) is 16.1 Å². The van der Waals surface area contributed by atoms with E-state index in [1.54, 1.807) is 0 Å². The minimum absolute atomic E-state index is 0.0182. The lowest BCUT2D eigenvalue weighted by molar-refractivity contribution is -0.135. The third-order valence-corrected chi connectivity index (χ3v) is 4.44. The molecule has 0 unspecified atom stereocenters. The van der Waals surface area contributed by atoms with Crippen molar-refractivity contribution >= 4 is 17.5 Å². The van der Waals surface area contributed by atoms with Crippen LogP contribution in [0.4, 0.5) is 0 Å². The fourth-order valence-electron chi connectivity index (χ4n) is 2.85. The van der Waals surface area contributed by atoms with Crippen molar-refractivity contribution in [2.45, 2.75) is 25.5 Å². The summed E-state index contributed by atoms with van der Waals surface area (Å²) in [6, 6.07) is 16.9. The maximum Gasteiger partial charge on any atom is 0.260 e. The molecule has 4 nitrogen and oxygen atoms in total. The molecule has 1 atom stereocenters. The first-order valence-corrected chi connectivity index (χ1v) is 8.90. The molecule has 1 aliphatic rings. The van der Waals surface area contributed by atoms with Crippen molar-refractivity contribution in [1.29, 1.82) is 0 Å². The van der Waals surface area contributed by atoms with Gasteiger partial charge in [0.05, 0.1) is 6.10 Å². The van der Waals surface area contributed by atoms with E-state index in [0.29, 0.717) is 23.9 Å². The summed E-state index contributed by atoms with van der Waals surface area (Å²) in [5.41, 5.74) is 1.04. The number of hydrogen-bond acceptors (Lipinski definition) is 3. The van der Waals surface area contributed by atoms with Crippen LogP contribution in [0.15, 0.2) is 54.6 Å². The Balaban J connectivity index is 1.63.